The molecule has 0 fully saturated rings. The summed E-state index contributed by atoms with van der Waals surface area (Å²) in [5, 5.41) is 33.1. The Morgan fingerprint density at radius 1 is 0.805 bits per heavy atom. The molecule has 6 nitrogen and oxygen atoms in total. The lowest BCUT2D eigenvalue weighted by Crippen LogP contribution is -2.19. The van der Waals surface area contributed by atoms with E-state index in [1.807, 2.05) is 6.07 Å². The Hall–Kier alpha value is -4.55. The second-order valence-corrected chi connectivity index (χ2v) is 10.5. The van der Waals surface area contributed by atoms with E-state index in [0.29, 0.717) is 24.1 Å². The molecule has 2 aliphatic carbocycles. The van der Waals surface area contributed by atoms with Gasteiger partial charge in [0.05, 0.1) is 23.4 Å². The lowest BCUT2D eigenvalue weighted by molar-refractivity contribution is 0.0696. The van der Waals surface area contributed by atoms with Crippen LogP contribution in [0.2, 0.25) is 0 Å². The fraction of sp³-hybridized carbons (Fsp3) is 0.229. The molecule has 0 saturated heterocycles. The van der Waals surface area contributed by atoms with Crippen LogP contribution in [-0.2, 0) is 32.3 Å². The van der Waals surface area contributed by atoms with Crippen LogP contribution in [0.15, 0.2) is 66.9 Å². The van der Waals surface area contributed by atoms with Crippen LogP contribution in [0.5, 0.6) is 0 Å². The molecular weight excluding hydrogens is 514 g/mol. The van der Waals surface area contributed by atoms with Crippen LogP contribution in [-0.4, -0.2) is 32.2 Å². The fourth-order valence-electron chi connectivity index (χ4n) is 5.70. The summed E-state index contributed by atoms with van der Waals surface area (Å²) >= 11 is 0. The number of rotatable bonds is 6. The van der Waals surface area contributed by atoms with E-state index >= 15 is 0 Å². The smallest absolute Gasteiger partial charge is 0.335 e. The number of aromatic carboxylic acids is 2. The molecule has 0 aliphatic heterocycles. The summed E-state index contributed by atoms with van der Waals surface area (Å²) in [6.45, 7) is 1.37. The molecule has 6 heteroatoms. The van der Waals surface area contributed by atoms with Crippen molar-refractivity contribution < 1.29 is 24.9 Å². The van der Waals surface area contributed by atoms with Crippen LogP contribution in [0.1, 0.15) is 67.1 Å². The minimum atomic E-state index is -1.14. The molecule has 3 aromatic carbocycles. The number of carboxylic acid groups (broad SMARTS) is 2. The molecular formula is C35H33NO5. The number of aliphatic hydroxyl groups is 1. The number of aromatic nitrogens is 1. The van der Waals surface area contributed by atoms with Gasteiger partial charge in [-0.25, -0.2) is 9.59 Å². The summed E-state index contributed by atoms with van der Waals surface area (Å²) in [7, 11) is 0. The number of aliphatic hydroxyl groups excluding tert-OH is 1. The number of hydrogen-bond acceptors (Lipinski definition) is 4. The second kappa shape index (κ2) is 12.3. The largest absolute Gasteiger partial charge is 0.478 e. The minimum absolute atomic E-state index is 0.00801. The van der Waals surface area contributed by atoms with Crippen LogP contribution in [0.25, 0.3) is 12.2 Å². The maximum absolute atomic E-state index is 11.3. The molecule has 0 radical (unpaired) electrons. The SMILES string of the molecule is C1=c2ccc3c(c2CCC1)CC=c1ccccc1=3.Cc1c(C(=O)O)cc(CCc2ccc(CO)nc2)cc1C(=O)O. The average Bonchev–Trinajstić information content (AvgIpc) is 3.00. The van der Waals surface area contributed by atoms with Gasteiger partial charge in [0, 0.05) is 6.20 Å². The molecule has 6 rings (SSSR count). The van der Waals surface area contributed by atoms with Crippen LogP contribution in [0, 0.1) is 17.4 Å². The molecule has 0 spiro atoms. The Labute approximate surface area is 238 Å². The first-order valence-electron chi connectivity index (χ1n) is 13.9. The van der Waals surface area contributed by atoms with Crippen molar-refractivity contribution in [2.75, 3.05) is 0 Å². The molecule has 0 amide bonds. The normalized spacial score (nSPS) is 12.8. The minimum Gasteiger partial charge on any atom is -0.478 e. The average molecular weight is 548 g/mol. The van der Waals surface area contributed by atoms with Crippen LogP contribution in [0.4, 0.5) is 0 Å². The van der Waals surface area contributed by atoms with Gasteiger partial charge < -0.3 is 15.3 Å². The van der Waals surface area contributed by atoms with Crippen molar-refractivity contribution >= 4 is 24.1 Å². The van der Waals surface area contributed by atoms with Crippen LogP contribution < -0.4 is 10.4 Å². The van der Waals surface area contributed by atoms with E-state index in [1.165, 1.54) is 59.2 Å². The van der Waals surface area contributed by atoms with Crippen molar-refractivity contribution in [3.05, 3.63) is 132 Å². The van der Waals surface area contributed by atoms with Gasteiger partial charge in [-0.1, -0.05) is 54.6 Å². The van der Waals surface area contributed by atoms with Crippen LogP contribution >= 0.6 is 0 Å². The lowest BCUT2D eigenvalue weighted by atomic mass is 9.89. The molecule has 4 aromatic rings. The number of aryl methyl sites for hydroxylation is 2. The molecule has 41 heavy (non-hydrogen) atoms. The van der Waals surface area contributed by atoms with E-state index in [0.717, 1.165) is 12.0 Å². The zero-order chi connectivity index (χ0) is 28.9. The lowest BCUT2D eigenvalue weighted by Gasteiger charge is -2.16. The van der Waals surface area contributed by atoms with Crippen molar-refractivity contribution in [3.63, 3.8) is 0 Å². The number of benzene rings is 3. The first kappa shape index (κ1) is 28.0. The first-order chi connectivity index (χ1) is 19.9. The molecule has 1 aromatic heterocycles. The van der Waals surface area contributed by atoms with Crippen molar-refractivity contribution in [1.29, 1.82) is 0 Å². The molecule has 0 atom stereocenters. The highest BCUT2D eigenvalue weighted by molar-refractivity contribution is 5.96. The fourth-order valence-corrected chi connectivity index (χ4v) is 5.70. The number of nitrogens with zero attached hydrogens (tertiary/aromatic N) is 1. The highest BCUT2D eigenvalue weighted by Crippen LogP contribution is 2.20. The van der Waals surface area contributed by atoms with E-state index in [9.17, 15) is 19.8 Å². The van der Waals surface area contributed by atoms with Gasteiger partial charge in [0.15, 0.2) is 0 Å². The predicted molar refractivity (Wildman–Crippen MR) is 158 cm³/mol. The van der Waals surface area contributed by atoms with E-state index in [4.69, 9.17) is 5.11 Å². The Bertz CT molecular complexity index is 1810. The van der Waals surface area contributed by atoms with E-state index in [-0.39, 0.29) is 23.3 Å². The summed E-state index contributed by atoms with van der Waals surface area (Å²) in [5.41, 5.74) is 5.59. The van der Waals surface area contributed by atoms with E-state index < -0.39 is 11.9 Å². The molecule has 0 saturated carbocycles. The van der Waals surface area contributed by atoms with Crippen molar-refractivity contribution in [3.8, 4) is 0 Å². The third-order valence-corrected chi connectivity index (χ3v) is 7.92. The monoisotopic (exact) mass is 547 g/mol. The number of pyridine rings is 1. The standard InChI is InChI=1S/C18H16.C17H17NO5/c1-3-7-15-13(5-1)9-11-18-16-8-4-2-6-14(16)10-12-17(15)18;1-10-14(16(20)21)6-12(7-15(10)17(22)23)3-2-11-4-5-13(9-19)18-8-11/h1,3,5-7,9-10,12H,2,4,8,11H2;4-8,19H,2-3,9H2,1H3,(H,20,21)(H,22,23). The topological polar surface area (TPSA) is 108 Å². The van der Waals surface area contributed by atoms with Gasteiger partial charge in [-0.05, 0) is 112 Å². The summed E-state index contributed by atoms with van der Waals surface area (Å²) < 4.78 is 0. The van der Waals surface area contributed by atoms with Crippen molar-refractivity contribution in [2.24, 2.45) is 0 Å². The number of carbonyl (C=O) groups is 2. The van der Waals surface area contributed by atoms with Crippen LogP contribution in [0.3, 0.4) is 0 Å². The maximum atomic E-state index is 11.3. The molecule has 0 unspecified atom stereocenters. The maximum Gasteiger partial charge on any atom is 0.335 e. The zero-order valence-corrected chi connectivity index (χ0v) is 23.1. The highest BCUT2D eigenvalue weighted by atomic mass is 16.4. The van der Waals surface area contributed by atoms with Gasteiger partial charge in [0.1, 0.15) is 0 Å². The van der Waals surface area contributed by atoms with Gasteiger partial charge in [0.2, 0.25) is 0 Å². The molecule has 0 bridgehead atoms. The third kappa shape index (κ3) is 6.13. The first-order valence-corrected chi connectivity index (χ1v) is 13.9. The van der Waals surface area contributed by atoms with E-state index in [1.54, 1.807) is 23.4 Å². The van der Waals surface area contributed by atoms with Gasteiger partial charge in [-0.3, -0.25) is 4.98 Å². The van der Waals surface area contributed by atoms with Gasteiger partial charge in [-0.2, -0.15) is 0 Å². The molecule has 3 N–H and O–H groups in total. The summed E-state index contributed by atoms with van der Waals surface area (Å²) in [6, 6.07) is 20.0. The van der Waals surface area contributed by atoms with Gasteiger partial charge >= 0.3 is 11.9 Å². The van der Waals surface area contributed by atoms with Crippen molar-refractivity contribution in [2.45, 2.75) is 52.1 Å². The summed E-state index contributed by atoms with van der Waals surface area (Å²) in [6.07, 6.45) is 12.4. The molecule has 208 valence electrons. The second-order valence-electron chi connectivity index (χ2n) is 10.5. The quantitative estimate of drug-likeness (QED) is 0.328. The summed E-state index contributed by atoms with van der Waals surface area (Å²) in [5.74, 6) is -2.28. The van der Waals surface area contributed by atoms with Crippen molar-refractivity contribution in [1.82, 2.24) is 4.98 Å². The Kier molecular flexibility index (Phi) is 8.41. The van der Waals surface area contributed by atoms with E-state index in [2.05, 4.69) is 53.5 Å². The highest BCUT2D eigenvalue weighted by Gasteiger charge is 2.17. The Morgan fingerprint density at radius 2 is 1.54 bits per heavy atom. The Morgan fingerprint density at radius 3 is 2.22 bits per heavy atom. The zero-order valence-electron chi connectivity index (χ0n) is 23.1. The number of carboxylic acids is 2. The Balaban J connectivity index is 0.000000168. The van der Waals surface area contributed by atoms with Gasteiger partial charge in [-0.15, -0.1) is 0 Å². The molecule has 1 heterocycles. The molecule has 2 aliphatic rings. The third-order valence-electron chi connectivity index (χ3n) is 7.92. The van der Waals surface area contributed by atoms with Gasteiger partial charge in [0.25, 0.3) is 0 Å². The number of hydrogen-bond donors (Lipinski definition) is 3. The summed E-state index contributed by atoms with van der Waals surface area (Å²) in [4.78, 5) is 26.6. The number of fused-ring (bicyclic) bond motifs is 4. The predicted octanol–water partition coefficient (Wildman–Crippen LogP) is 4.49.